The summed E-state index contributed by atoms with van der Waals surface area (Å²) in [5.74, 6) is -1.61. The molecule has 1 atom stereocenters. The van der Waals surface area contributed by atoms with Crippen LogP contribution >= 0.6 is 22.7 Å². The summed E-state index contributed by atoms with van der Waals surface area (Å²) in [4.78, 5) is 51.6. The summed E-state index contributed by atoms with van der Waals surface area (Å²) >= 11 is 2.50. The minimum absolute atomic E-state index is 0.0502. The molecule has 6 N–H and O–H groups in total. The van der Waals surface area contributed by atoms with Gasteiger partial charge in [-0.05, 0) is 29.8 Å². The lowest BCUT2D eigenvalue weighted by Crippen LogP contribution is -2.54. The van der Waals surface area contributed by atoms with Crippen molar-refractivity contribution in [3.05, 3.63) is 34.0 Å². The molecule has 2 aromatic rings. The van der Waals surface area contributed by atoms with Gasteiger partial charge in [-0.2, -0.15) is 0 Å². The largest absolute Gasteiger partial charge is 0.366 e. The zero-order chi connectivity index (χ0) is 22.5. The van der Waals surface area contributed by atoms with E-state index in [2.05, 4.69) is 10.6 Å². The van der Waals surface area contributed by atoms with Crippen molar-refractivity contribution in [3.8, 4) is 0 Å². The maximum absolute atomic E-state index is 12.4. The van der Waals surface area contributed by atoms with E-state index in [0.29, 0.717) is 40.8 Å². The summed E-state index contributed by atoms with van der Waals surface area (Å²) in [7, 11) is 0. The maximum Gasteiger partial charge on any atom is 0.251 e. The zero-order valence-corrected chi connectivity index (χ0v) is 18.6. The van der Waals surface area contributed by atoms with Crippen molar-refractivity contribution in [3.63, 3.8) is 0 Å². The van der Waals surface area contributed by atoms with Crippen molar-refractivity contribution >= 4 is 56.3 Å². The quantitative estimate of drug-likeness (QED) is 0.449. The topological polar surface area (TPSA) is 151 Å². The van der Waals surface area contributed by atoms with Gasteiger partial charge in [-0.25, -0.2) is 0 Å². The molecule has 1 aliphatic rings. The molecule has 0 spiro atoms. The lowest BCUT2D eigenvalue weighted by atomic mass is 10.2. The van der Waals surface area contributed by atoms with E-state index in [4.69, 9.17) is 11.5 Å². The fourth-order valence-corrected chi connectivity index (χ4v) is 4.99. The van der Waals surface area contributed by atoms with Gasteiger partial charge in [0.2, 0.25) is 11.8 Å². The SMILES string of the molecule is CC1CN(CC(=O)Nc2sccc2C(N)=O)CCN1CC(=O)Nc1sccc1C(N)=O. The third-order valence-electron chi connectivity index (χ3n) is 4.93. The summed E-state index contributed by atoms with van der Waals surface area (Å²) < 4.78 is 0. The first-order valence-electron chi connectivity index (χ1n) is 9.55. The Morgan fingerprint density at radius 2 is 1.45 bits per heavy atom. The molecule has 166 valence electrons. The monoisotopic (exact) mass is 464 g/mol. The summed E-state index contributed by atoms with van der Waals surface area (Å²) in [6.07, 6.45) is 0. The molecule has 3 rings (SSSR count). The van der Waals surface area contributed by atoms with Crippen molar-refractivity contribution in [1.29, 1.82) is 0 Å². The van der Waals surface area contributed by atoms with Gasteiger partial charge < -0.3 is 22.1 Å². The smallest absolute Gasteiger partial charge is 0.251 e. The van der Waals surface area contributed by atoms with Gasteiger partial charge in [-0.3, -0.25) is 29.0 Å². The van der Waals surface area contributed by atoms with Crippen LogP contribution in [0.3, 0.4) is 0 Å². The molecular weight excluding hydrogens is 440 g/mol. The van der Waals surface area contributed by atoms with Gasteiger partial charge in [0.25, 0.3) is 11.8 Å². The molecule has 3 heterocycles. The number of primary amides is 2. The highest BCUT2D eigenvalue weighted by atomic mass is 32.1. The third-order valence-corrected chi connectivity index (χ3v) is 6.59. The first kappa shape index (κ1) is 22.9. The van der Waals surface area contributed by atoms with Gasteiger partial charge in [0.1, 0.15) is 10.0 Å². The number of anilines is 2. The van der Waals surface area contributed by atoms with E-state index in [9.17, 15) is 19.2 Å². The summed E-state index contributed by atoms with van der Waals surface area (Å²) in [6, 6.07) is 3.21. The molecule has 0 bridgehead atoms. The Labute approximate surface area is 187 Å². The molecule has 2 aromatic heterocycles. The number of nitrogens with one attached hydrogen (secondary N) is 2. The van der Waals surface area contributed by atoms with E-state index in [1.807, 2.05) is 16.7 Å². The van der Waals surface area contributed by atoms with Crippen LogP contribution in [0.5, 0.6) is 0 Å². The minimum Gasteiger partial charge on any atom is -0.366 e. The van der Waals surface area contributed by atoms with Crippen LogP contribution in [0.4, 0.5) is 10.0 Å². The molecule has 12 heteroatoms. The lowest BCUT2D eigenvalue weighted by Gasteiger charge is -2.39. The fraction of sp³-hybridized carbons (Fsp3) is 0.368. The van der Waals surface area contributed by atoms with E-state index >= 15 is 0 Å². The predicted octanol–water partition coefficient (Wildman–Crippen LogP) is 0.591. The highest BCUT2D eigenvalue weighted by Crippen LogP contribution is 2.23. The molecule has 1 unspecified atom stereocenters. The Bertz CT molecular complexity index is 988. The molecule has 1 saturated heterocycles. The van der Waals surface area contributed by atoms with E-state index in [0.717, 1.165) is 0 Å². The van der Waals surface area contributed by atoms with Gasteiger partial charge in [0, 0.05) is 25.7 Å². The first-order valence-corrected chi connectivity index (χ1v) is 11.3. The van der Waals surface area contributed by atoms with Crippen molar-refractivity contribution in [2.45, 2.75) is 13.0 Å². The van der Waals surface area contributed by atoms with Crippen LogP contribution in [0.1, 0.15) is 27.6 Å². The number of hydrogen-bond donors (Lipinski definition) is 4. The molecule has 0 aliphatic carbocycles. The van der Waals surface area contributed by atoms with Crippen LogP contribution in [-0.4, -0.2) is 72.2 Å². The van der Waals surface area contributed by atoms with Gasteiger partial charge in [-0.15, -0.1) is 22.7 Å². The Hall–Kier alpha value is -2.80. The molecule has 4 amide bonds. The standard InChI is InChI=1S/C19H24N6O4S2/c1-11-8-24(9-14(26)22-18-12(16(20)28)2-6-30-18)4-5-25(11)10-15(27)23-19-13(17(21)29)3-7-31-19/h2-3,6-7,11H,4-5,8-10H2,1H3,(H2,20,28)(H2,21,29)(H,22,26)(H,23,27). The summed E-state index contributed by atoms with van der Waals surface area (Å²) in [6.45, 7) is 4.18. The number of thiophene rings is 2. The van der Waals surface area contributed by atoms with Gasteiger partial charge in [0.05, 0.1) is 24.2 Å². The summed E-state index contributed by atoms with van der Waals surface area (Å²) in [5.41, 5.74) is 11.2. The van der Waals surface area contributed by atoms with Crippen LogP contribution in [0, 0.1) is 0 Å². The van der Waals surface area contributed by atoms with E-state index in [-0.39, 0.29) is 30.9 Å². The molecule has 0 saturated carbocycles. The number of hydrogen-bond acceptors (Lipinski definition) is 8. The third kappa shape index (κ3) is 5.88. The maximum atomic E-state index is 12.4. The second-order valence-electron chi connectivity index (χ2n) is 7.21. The number of nitrogens with two attached hydrogens (primary N) is 2. The number of rotatable bonds is 8. The van der Waals surface area contributed by atoms with Gasteiger partial charge in [-0.1, -0.05) is 0 Å². The highest BCUT2D eigenvalue weighted by Gasteiger charge is 2.27. The number of amides is 4. The average molecular weight is 465 g/mol. The van der Waals surface area contributed by atoms with Crippen molar-refractivity contribution in [2.24, 2.45) is 11.5 Å². The molecule has 0 radical (unpaired) electrons. The minimum atomic E-state index is -0.581. The van der Waals surface area contributed by atoms with Crippen molar-refractivity contribution in [2.75, 3.05) is 43.4 Å². The molecular formula is C19H24N6O4S2. The predicted molar refractivity (Wildman–Crippen MR) is 120 cm³/mol. The second kappa shape index (κ2) is 10.0. The molecule has 10 nitrogen and oxygen atoms in total. The lowest BCUT2D eigenvalue weighted by molar-refractivity contribution is -0.120. The normalized spacial score (nSPS) is 17.3. The van der Waals surface area contributed by atoms with E-state index in [1.54, 1.807) is 22.9 Å². The number of carbonyl (C=O) groups excluding carboxylic acids is 4. The Morgan fingerprint density at radius 1 is 0.935 bits per heavy atom. The van der Waals surface area contributed by atoms with Crippen LogP contribution in [0.2, 0.25) is 0 Å². The fourth-order valence-electron chi connectivity index (χ4n) is 3.37. The van der Waals surface area contributed by atoms with Crippen molar-refractivity contribution in [1.82, 2.24) is 9.80 Å². The second-order valence-corrected chi connectivity index (χ2v) is 9.04. The average Bonchev–Trinajstić information content (AvgIpc) is 3.33. The number of nitrogens with zero attached hydrogens (tertiary/aromatic N) is 2. The first-order chi connectivity index (χ1) is 14.7. The van der Waals surface area contributed by atoms with Crippen molar-refractivity contribution < 1.29 is 19.2 Å². The van der Waals surface area contributed by atoms with Gasteiger partial charge in [0.15, 0.2) is 0 Å². The number of carbonyl (C=O) groups is 4. The van der Waals surface area contributed by atoms with E-state index < -0.39 is 11.8 Å². The molecule has 0 aromatic carbocycles. The zero-order valence-electron chi connectivity index (χ0n) is 16.9. The van der Waals surface area contributed by atoms with Crippen LogP contribution in [0.25, 0.3) is 0 Å². The molecule has 1 aliphatic heterocycles. The molecule has 31 heavy (non-hydrogen) atoms. The Balaban J connectivity index is 1.47. The number of piperazine rings is 1. The van der Waals surface area contributed by atoms with Crippen LogP contribution in [0.15, 0.2) is 22.9 Å². The van der Waals surface area contributed by atoms with E-state index in [1.165, 1.54) is 22.7 Å². The van der Waals surface area contributed by atoms with Crippen LogP contribution < -0.4 is 22.1 Å². The Kier molecular flexibility index (Phi) is 7.38. The van der Waals surface area contributed by atoms with Crippen LogP contribution in [-0.2, 0) is 9.59 Å². The summed E-state index contributed by atoms with van der Waals surface area (Å²) in [5, 5.41) is 9.78. The Morgan fingerprint density at radius 3 is 1.94 bits per heavy atom. The highest BCUT2D eigenvalue weighted by molar-refractivity contribution is 7.15. The molecule has 1 fully saturated rings. The van der Waals surface area contributed by atoms with Gasteiger partial charge >= 0.3 is 0 Å².